The zero-order valence-electron chi connectivity index (χ0n) is 11.3. The zero-order chi connectivity index (χ0) is 13.5. The van der Waals surface area contributed by atoms with E-state index in [1.165, 1.54) is 10.6 Å². The fourth-order valence-electron chi connectivity index (χ4n) is 1.97. The van der Waals surface area contributed by atoms with Crippen LogP contribution in [0.25, 0.3) is 0 Å². The van der Waals surface area contributed by atoms with Gasteiger partial charge in [0, 0.05) is 20.4 Å². The van der Waals surface area contributed by atoms with Gasteiger partial charge in [0.15, 0.2) is 6.29 Å². The number of ether oxygens (including phenoxy) is 2. The zero-order valence-corrected chi connectivity index (χ0v) is 12.2. The molecule has 0 spiro atoms. The molecular weight excluding hydrogens is 255 g/mol. The third-order valence-corrected chi connectivity index (χ3v) is 5.50. The third-order valence-electron chi connectivity index (χ3n) is 2.99. The van der Waals surface area contributed by atoms with Gasteiger partial charge in [0.1, 0.15) is 0 Å². The summed E-state index contributed by atoms with van der Waals surface area (Å²) in [5.74, 6) is 0. The molecular formula is C16H19O2P. The van der Waals surface area contributed by atoms with Crippen molar-refractivity contribution in [3.05, 3.63) is 60.7 Å². The Labute approximate surface area is 116 Å². The minimum Gasteiger partial charge on any atom is -0.356 e. The van der Waals surface area contributed by atoms with Gasteiger partial charge in [0.2, 0.25) is 0 Å². The molecule has 0 saturated carbocycles. The summed E-state index contributed by atoms with van der Waals surface area (Å²) in [5, 5.41) is 2.70. The van der Waals surface area contributed by atoms with Crippen LogP contribution < -0.4 is 10.6 Å². The Kier molecular flexibility index (Phi) is 5.53. The molecule has 2 nitrogen and oxygen atoms in total. The molecule has 2 aromatic carbocycles. The molecule has 19 heavy (non-hydrogen) atoms. The Bertz CT molecular complexity index is 429. The summed E-state index contributed by atoms with van der Waals surface area (Å²) in [5.41, 5.74) is 0. The van der Waals surface area contributed by atoms with Crippen LogP contribution in [0.4, 0.5) is 0 Å². The van der Waals surface area contributed by atoms with Gasteiger partial charge < -0.3 is 9.47 Å². The van der Waals surface area contributed by atoms with E-state index in [0.29, 0.717) is 0 Å². The molecule has 0 aliphatic carbocycles. The molecule has 0 radical (unpaired) electrons. The standard InChI is InChI=1S/C16H19O2P/c1-17-16(18-2)13-19(14-9-5-3-6-10-14)15-11-7-4-8-12-15/h3-12,16H,13H2,1-2H3. The Hall–Kier alpha value is -1.21. The number of methoxy groups -OCH3 is 2. The van der Waals surface area contributed by atoms with Crippen molar-refractivity contribution in [3.63, 3.8) is 0 Å². The maximum absolute atomic E-state index is 5.37. The van der Waals surface area contributed by atoms with Gasteiger partial charge in [-0.1, -0.05) is 60.7 Å². The quantitative estimate of drug-likeness (QED) is 0.595. The van der Waals surface area contributed by atoms with E-state index in [4.69, 9.17) is 9.47 Å². The van der Waals surface area contributed by atoms with Crippen LogP contribution in [0.1, 0.15) is 0 Å². The van der Waals surface area contributed by atoms with Crippen molar-refractivity contribution in [2.24, 2.45) is 0 Å². The van der Waals surface area contributed by atoms with Crippen molar-refractivity contribution in [1.82, 2.24) is 0 Å². The Morgan fingerprint density at radius 2 is 1.21 bits per heavy atom. The van der Waals surface area contributed by atoms with E-state index in [0.717, 1.165) is 6.16 Å². The van der Waals surface area contributed by atoms with E-state index in [2.05, 4.69) is 48.5 Å². The molecule has 0 aliphatic rings. The van der Waals surface area contributed by atoms with Gasteiger partial charge in [-0.3, -0.25) is 0 Å². The number of rotatable bonds is 6. The third kappa shape index (κ3) is 3.87. The first-order valence-corrected chi connectivity index (χ1v) is 7.81. The monoisotopic (exact) mass is 274 g/mol. The lowest BCUT2D eigenvalue weighted by Gasteiger charge is -2.23. The number of benzene rings is 2. The predicted molar refractivity (Wildman–Crippen MR) is 81.7 cm³/mol. The van der Waals surface area contributed by atoms with Crippen LogP contribution in [0.3, 0.4) is 0 Å². The van der Waals surface area contributed by atoms with Crippen molar-refractivity contribution in [2.45, 2.75) is 6.29 Å². The highest BCUT2D eigenvalue weighted by Gasteiger charge is 2.18. The van der Waals surface area contributed by atoms with Crippen LogP contribution in [0, 0.1) is 0 Å². The minimum atomic E-state index is -0.452. The molecule has 2 rings (SSSR count). The maximum atomic E-state index is 5.37. The lowest BCUT2D eigenvalue weighted by molar-refractivity contribution is -0.0847. The largest absolute Gasteiger partial charge is 0.356 e. The molecule has 0 amide bonds. The average molecular weight is 274 g/mol. The van der Waals surface area contributed by atoms with Crippen molar-refractivity contribution in [1.29, 1.82) is 0 Å². The van der Waals surface area contributed by atoms with Crippen LogP contribution in [0.5, 0.6) is 0 Å². The summed E-state index contributed by atoms with van der Waals surface area (Å²) in [4.78, 5) is 0. The van der Waals surface area contributed by atoms with Gasteiger partial charge in [-0.05, 0) is 18.5 Å². The SMILES string of the molecule is COC(CP(c1ccccc1)c1ccccc1)OC. The average Bonchev–Trinajstić information content (AvgIpc) is 2.50. The topological polar surface area (TPSA) is 18.5 Å². The van der Waals surface area contributed by atoms with Crippen LogP contribution in [0.15, 0.2) is 60.7 Å². The normalized spacial score (nSPS) is 11.2. The first-order valence-electron chi connectivity index (χ1n) is 6.28. The smallest absolute Gasteiger partial charge is 0.161 e. The van der Waals surface area contributed by atoms with Crippen LogP contribution in [-0.2, 0) is 9.47 Å². The van der Waals surface area contributed by atoms with Gasteiger partial charge >= 0.3 is 0 Å². The Morgan fingerprint density at radius 3 is 1.58 bits per heavy atom. The maximum Gasteiger partial charge on any atom is 0.161 e. The summed E-state index contributed by atoms with van der Waals surface area (Å²) >= 11 is 0. The van der Waals surface area contributed by atoms with Gasteiger partial charge in [0.25, 0.3) is 0 Å². The summed E-state index contributed by atoms with van der Waals surface area (Å²) in [6.07, 6.45) is 0.711. The fourth-order valence-corrected chi connectivity index (χ4v) is 4.35. The van der Waals surface area contributed by atoms with Crippen LogP contribution in [0.2, 0.25) is 0 Å². The summed E-state index contributed by atoms with van der Waals surface area (Å²) < 4.78 is 10.7. The van der Waals surface area contributed by atoms with E-state index < -0.39 is 7.92 Å². The van der Waals surface area contributed by atoms with E-state index in [1.54, 1.807) is 14.2 Å². The number of hydrogen-bond acceptors (Lipinski definition) is 2. The van der Waals surface area contributed by atoms with Crippen molar-refractivity contribution >= 4 is 18.5 Å². The molecule has 0 saturated heterocycles. The van der Waals surface area contributed by atoms with Crippen LogP contribution in [-0.4, -0.2) is 26.7 Å². The second-order valence-electron chi connectivity index (χ2n) is 4.18. The predicted octanol–water partition coefficient (Wildman–Crippen LogP) is 2.74. The fraction of sp³-hybridized carbons (Fsp3) is 0.250. The van der Waals surface area contributed by atoms with E-state index in [-0.39, 0.29) is 6.29 Å². The van der Waals surface area contributed by atoms with Gasteiger partial charge in [-0.25, -0.2) is 0 Å². The van der Waals surface area contributed by atoms with E-state index >= 15 is 0 Å². The molecule has 100 valence electrons. The second kappa shape index (κ2) is 7.40. The van der Waals surface area contributed by atoms with Crippen molar-refractivity contribution in [3.8, 4) is 0 Å². The van der Waals surface area contributed by atoms with Gasteiger partial charge in [0.05, 0.1) is 0 Å². The van der Waals surface area contributed by atoms with E-state index in [1.807, 2.05) is 12.1 Å². The molecule has 0 aromatic heterocycles. The molecule has 0 heterocycles. The molecule has 3 heteroatoms. The Morgan fingerprint density at radius 1 is 0.789 bits per heavy atom. The molecule has 0 aliphatic heterocycles. The highest BCUT2D eigenvalue weighted by Crippen LogP contribution is 2.34. The molecule has 0 unspecified atom stereocenters. The van der Waals surface area contributed by atoms with Crippen molar-refractivity contribution < 1.29 is 9.47 Å². The lowest BCUT2D eigenvalue weighted by Crippen LogP contribution is -2.24. The minimum absolute atomic E-state index is 0.161. The number of hydrogen-bond donors (Lipinski definition) is 0. The van der Waals surface area contributed by atoms with Crippen LogP contribution >= 0.6 is 7.92 Å². The first kappa shape index (κ1) is 14.2. The summed E-state index contributed by atoms with van der Waals surface area (Å²) in [6.45, 7) is 0. The molecule has 0 bridgehead atoms. The Balaban J connectivity index is 2.29. The second-order valence-corrected chi connectivity index (χ2v) is 6.44. The van der Waals surface area contributed by atoms with Gasteiger partial charge in [-0.15, -0.1) is 0 Å². The highest BCUT2D eigenvalue weighted by atomic mass is 31.1. The van der Waals surface area contributed by atoms with Crippen molar-refractivity contribution in [2.75, 3.05) is 20.4 Å². The molecule has 0 atom stereocenters. The highest BCUT2D eigenvalue weighted by molar-refractivity contribution is 7.73. The molecule has 0 N–H and O–H groups in total. The first-order chi connectivity index (χ1) is 9.35. The van der Waals surface area contributed by atoms with Gasteiger partial charge in [-0.2, -0.15) is 0 Å². The molecule has 2 aromatic rings. The molecule has 0 fully saturated rings. The summed E-state index contributed by atoms with van der Waals surface area (Å²) in [6, 6.07) is 21.2. The van der Waals surface area contributed by atoms with E-state index in [9.17, 15) is 0 Å². The summed E-state index contributed by atoms with van der Waals surface area (Å²) in [7, 11) is 2.93. The lowest BCUT2D eigenvalue weighted by atomic mass is 10.4.